The minimum absolute atomic E-state index is 0.114. The second kappa shape index (κ2) is 7.71. The number of amides is 2. The van der Waals surface area contributed by atoms with Crippen molar-refractivity contribution in [2.45, 2.75) is 58.3 Å². The summed E-state index contributed by atoms with van der Waals surface area (Å²) in [5.41, 5.74) is 1.25. The van der Waals surface area contributed by atoms with Crippen molar-refractivity contribution in [3.63, 3.8) is 0 Å². The van der Waals surface area contributed by atoms with Crippen molar-refractivity contribution >= 4 is 23.2 Å². The number of piperidine rings is 2. The SMILES string of the molecule is CC1CCN(C(=O)[C@H]2CCc3sc(C(=O)N4CCCCC4)cc3C2)CC1. The predicted molar refractivity (Wildman–Crippen MR) is 105 cm³/mol. The first kappa shape index (κ1) is 18.0. The number of nitrogens with zero attached hydrogens (tertiary/aromatic N) is 2. The van der Waals surface area contributed by atoms with Crippen LogP contribution in [0.15, 0.2) is 6.07 Å². The molecule has 0 spiro atoms. The van der Waals surface area contributed by atoms with Crippen LogP contribution in [0.1, 0.15) is 65.6 Å². The number of likely N-dealkylation sites (tertiary alicyclic amines) is 2. The summed E-state index contributed by atoms with van der Waals surface area (Å²) in [7, 11) is 0. The standard InChI is InChI=1S/C21H30N2O2S/c1-15-7-11-23(12-8-15)20(24)16-5-6-18-17(13-16)14-19(26-18)21(25)22-9-3-2-4-10-22/h14-16H,2-13H2,1H3/t16-/m0/s1. The maximum Gasteiger partial charge on any atom is 0.263 e. The van der Waals surface area contributed by atoms with Crippen LogP contribution in [-0.4, -0.2) is 47.8 Å². The minimum atomic E-state index is 0.114. The Labute approximate surface area is 160 Å². The molecule has 3 heterocycles. The van der Waals surface area contributed by atoms with Crippen LogP contribution in [0, 0.1) is 11.8 Å². The minimum Gasteiger partial charge on any atom is -0.342 e. The summed E-state index contributed by atoms with van der Waals surface area (Å²) < 4.78 is 0. The van der Waals surface area contributed by atoms with E-state index in [0.717, 1.165) is 81.9 Å². The monoisotopic (exact) mass is 374 g/mol. The maximum atomic E-state index is 12.9. The summed E-state index contributed by atoms with van der Waals surface area (Å²) in [6, 6.07) is 2.09. The van der Waals surface area contributed by atoms with Gasteiger partial charge in [-0.15, -0.1) is 11.3 Å². The van der Waals surface area contributed by atoms with Crippen molar-refractivity contribution in [1.82, 2.24) is 9.80 Å². The lowest BCUT2D eigenvalue weighted by molar-refractivity contribution is -0.137. The number of fused-ring (bicyclic) bond motifs is 1. The van der Waals surface area contributed by atoms with E-state index in [-0.39, 0.29) is 11.8 Å². The molecule has 142 valence electrons. The predicted octanol–water partition coefficient (Wildman–Crippen LogP) is 3.74. The third-order valence-corrected chi connectivity index (χ3v) is 7.61. The molecule has 5 heteroatoms. The van der Waals surface area contributed by atoms with E-state index in [4.69, 9.17) is 0 Å². The van der Waals surface area contributed by atoms with Gasteiger partial charge in [-0.1, -0.05) is 6.92 Å². The molecule has 2 saturated heterocycles. The lowest BCUT2D eigenvalue weighted by atomic mass is 9.86. The summed E-state index contributed by atoms with van der Waals surface area (Å²) in [6.07, 6.45) is 8.48. The summed E-state index contributed by atoms with van der Waals surface area (Å²) in [4.78, 5) is 32.0. The van der Waals surface area contributed by atoms with Gasteiger partial charge in [-0.05, 0) is 68.9 Å². The third kappa shape index (κ3) is 3.68. The smallest absolute Gasteiger partial charge is 0.263 e. The Morgan fingerprint density at radius 2 is 1.73 bits per heavy atom. The zero-order chi connectivity index (χ0) is 18.1. The number of thiophene rings is 1. The topological polar surface area (TPSA) is 40.6 Å². The molecule has 1 aromatic heterocycles. The molecule has 4 nitrogen and oxygen atoms in total. The zero-order valence-electron chi connectivity index (χ0n) is 15.8. The molecule has 0 N–H and O–H groups in total. The molecule has 2 fully saturated rings. The van der Waals surface area contributed by atoms with E-state index in [0.29, 0.717) is 5.91 Å². The van der Waals surface area contributed by atoms with Crippen molar-refractivity contribution in [1.29, 1.82) is 0 Å². The van der Waals surface area contributed by atoms with Crippen molar-refractivity contribution in [3.8, 4) is 0 Å². The second-order valence-corrected chi connectivity index (χ2v) is 9.50. The van der Waals surface area contributed by atoms with E-state index in [2.05, 4.69) is 17.9 Å². The molecule has 0 unspecified atom stereocenters. The van der Waals surface area contributed by atoms with E-state index < -0.39 is 0 Å². The quantitative estimate of drug-likeness (QED) is 0.791. The molecule has 0 aromatic carbocycles. The van der Waals surface area contributed by atoms with Gasteiger partial charge < -0.3 is 9.80 Å². The van der Waals surface area contributed by atoms with Crippen LogP contribution in [0.3, 0.4) is 0 Å². The van der Waals surface area contributed by atoms with Gasteiger partial charge in [0.25, 0.3) is 5.91 Å². The Hall–Kier alpha value is -1.36. The Morgan fingerprint density at radius 3 is 2.46 bits per heavy atom. The van der Waals surface area contributed by atoms with E-state index in [1.54, 1.807) is 11.3 Å². The van der Waals surface area contributed by atoms with Crippen molar-refractivity contribution < 1.29 is 9.59 Å². The Balaban J connectivity index is 1.41. The number of rotatable bonds is 2. The van der Waals surface area contributed by atoms with Crippen LogP contribution in [0.2, 0.25) is 0 Å². The molecule has 1 atom stereocenters. The van der Waals surface area contributed by atoms with E-state index in [9.17, 15) is 9.59 Å². The molecule has 1 aliphatic carbocycles. The van der Waals surface area contributed by atoms with Gasteiger partial charge in [0, 0.05) is 37.0 Å². The van der Waals surface area contributed by atoms with Gasteiger partial charge in [0.15, 0.2) is 0 Å². The molecule has 3 aliphatic rings. The highest BCUT2D eigenvalue weighted by atomic mass is 32.1. The summed E-state index contributed by atoms with van der Waals surface area (Å²) in [5.74, 6) is 1.41. The Kier molecular flexibility index (Phi) is 5.35. The van der Waals surface area contributed by atoms with Gasteiger partial charge in [-0.3, -0.25) is 9.59 Å². The van der Waals surface area contributed by atoms with Crippen molar-refractivity contribution in [3.05, 3.63) is 21.4 Å². The molecule has 2 amide bonds. The summed E-state index contributed by atoms with van der Waals surface area (Å²) >= 11 is 1.67. The average molecular weight is 375 g/mol. The molecule has 26 heavy (non-hydrogen) atoms. The fourth-order valence-corrected chi connectivity index (χ4v) is 5.76. The summed E-state index contributed by atoms with van der Waals surface area (Å²) in [5, 5.41) is 0. The number of carbonyl (C=O) groups excluding carboxylic acids is 2. The lowest BCUT2D eigenvalue weighted by Crippen LogP contribution is -2.42. The highest BCUT2D eigenvalue weighted by Gasteiger charge is 2.32. The number of carbonyl (C=O) groups is 2. The fourth-order valence-electron chi connectivity index (χ4n) is 4.58. The summed E-state index contributed by atoms with van der Waals surface area (Å²) in [6.45, 7) is 5.92. The number of hydrogen-bond acceptors (Lipinski definition) is 3. The lowest BCUT2D eigenvalue weighted by Gasteiger charge is -2.34. The van der Waals surface area contributed by atoms with Crippen LogP contribution in [0.25, 0.3) is 0 Å². The molecule has 0 radical (unpaired) electrons. The van der Waals surface area contributed by atoms with Crippen LogP contribution in [0.5, 0.6) is 0 Å². The first-order valence-electron chi connectivity index (χ1n) is 10.3. The fraction of sp³-hybridized carbons (Fsp3) is 0.714. The zero-order valence-corrected chi connectivity index (χ0v) is 16.7. The van der Waals surface area contributed by atoms with Crippen LogP contribution < -0.4 is 0 Å². The molecular formula is C21H30N2O2S. The van der Waals surface area contributed by atoms with Crippen molar-refractivity contribution in [2.75, 3.05) is 26.2 Å². The Morgan fingerprint density at radius 1 is 1.00 bits per heavy atom. The van der Waals surface area contributed by atoms with Gasteiger partial charge in [0.05, 0.1) is 4.88 Å². The Bertz CT molecular complexity index is 670. The second-order valence-electron chi connectivity index (χ2n) is 8.36. The first-order valence-corrected chi connectivity index (χ1v) is 11.1. The highest BCUT2D eigenvalue weighted by Crippen LogP contribution is 2.34. The molecular weight excluding hydrogens is 344 g/mol. The highest BCUT2D eigenvalue weighted by molar-refractivity contribution is 7.14. The largest absolute Gasteiger partial charge is 0.342 e. The molecule has 2 aliphatic heterocycles. The van der Waals surface area contributed by atoms with E-state index in [1.165, 1.54) is 16.9 Å². The third-order valence-electron chi connectivity index (χ3n) is 6.38. The molecule has 4 rings (SSSR count). The van der Waals surface area contributed by atoms with Crippen LogP contribution in [0.4, 0.5) is 0 Å². The number of hydrogen-bond donors (Lipinski definition) is 0. The molecule has 0 bridgehead atoms. The normalized spacial score (nSPS) is 24.4. The van der Waals surface area contributed by atoms with Crippen LogP contribution in [-0.2, 0) is 17.6 Å². The number of aryl methyl sites for hydroxylation is 1. The average Bonchev–Trinajstić information content (AvgIpc) is 3.11. The van der Waals surface area contributed by atoms with Gasteiger partial charge in [-0.25, -0.2) is 0 Å². The molecule has 1 aromatic rings. The van der Waals surface area contributed by atoms with Gasteiger partial charge >= 0.3 is 0 Å². The maximum absolute atomic E-state index is 12.9. The van der Waals surface area contributed by atoms with E-state index in [1.807, 2.05) is 4.90 Å². The van der Waals surface area contributed by atoms with Crippen LogP contribution >= 0.6 is 11.3 Å². The molecule has 0 saturated carbocycles. The van der Waals surface area contributed by atoms with Crippen molar-refractivity contribution in [2.24, 2.45) is 11.8 Å². The first-order chi connectivity index (χ1) is 12.6. The van der Waals surface area contributed by atoms with Gasteiger partial charge in [0.1, 0.15) is 0 Å². The van der Waals surface area contributed by atoms with Gasteiger partial charge in [0.2, 0.25) is 5.91 Å². The van der Waals surface area contributed by atoms with Gasteiger partial charge in [-0.2, -0.15) is 0 Å². The van der Waals surface area contributed by atoms with E-state index >= 15 is 0 Å².